The third kappa shape index (κ3) is 4.63. The Labute approximate surface area is 142 Å². The first-order valence-corrected chi connectivity index (χ1v) is 8.27. The summed E-state index contributed by atoms with van der Waals surface area (Å²) in [5.74, 6) is 0.818. The zero-order valence-corrected chi connectivity index (χ0v) is 14.5. The van der Waals surface area contributed by atoms with Gasteiger partial charge in [0.15, 0.2) is 18.1 Å². The van der Waals surface area contributed by atoms with Gasteiger partial charge in [-0.25, -0.2) is 0 Å². The molecule has 1 aliphatic rings. The fraction of sp³-hybridized carbons (Fsp3) is 0.556. The zero-order valence-electron chi connectivity index (χ0n) is 14.5. The molecule has 0 atom stereocenters. The number of hydrogen-bond acceptors (Lipinski definition) is 5. The van der Waals surface area contributed by atoms with Gasteiger partial charge in [0.05, 0.1) is 19.6 Å². The Morgan fingerprint density at radius 1 is 1.21 bits per heavy atom. The Hall–Kier alpha value is -2.24. The molecule has 1 saturated heterocycles. The number of benzene rings is 1. The summed E-state index contributed by atoms with van der Waals surface area (Å²) in [6, 6.07) is 5.58. The van der Waals surface area contributed by atoms with Crippen LogP contribution in [0.15, 0.2) is 18.2 Å². The smallest absolute Gasteiger partial charge is 0.309 e. The van der Waals surface area contributed by atoms with Crippen LogP contribution < -0.4 is 9.47 Å². The normalized spacial score (nSPS) is 15.0. The summed E-state index contributed by atoms with van der Waals surface area (Å²) in [7, 11) is 1.57. The molecule has 2 rings (SSSR count). The van der Waals surface area contributed by atoms with E-state index in [1.54, 1.807) is 25.0 Å². The minimum Gasteiger partial charge on any atom is -0.493 e. The predicted octanol–water partition coefficient (Wildman–Crippen LogP) is 2.18. The predicted molar refractivity (Wildman–Crippen MR) is 89.2 cm³/mol. The van der Waals surface area contributed by atoms with E-state index in [0.29, 0.717) is 44.0 Å². The average molecular weight is 335 g/mol. The topological polar surface area (TPSA) is 65.1 Å². The molecule has 6 heteroatoms. The van der Waals surface area contributed by atoms with Crippen molar-refractivity contribution in [3.8, 4) is 11.5 Å². The van der Waals surface area contributed by atoms with Crippen LogP contribution in [0, 0.1) is 12.8 Å². The minimum atomic E-state index is -0.162. The molecule has 0 bridgehead atoms. The highest BCUT2D eigenvalue weighted by Crippen LogP contribution is 2.28. The van der Waals surface area contributed by atoms with Gasteiger partial charge in [-0.05, 0) is 44.4 Å². The average Bonchev–Trinajstić information content (AvgIpc) is 2.60. The molecule has 0 spiro atoms. The first-order valence-electron chi connectivity index (χ1n) is 8.27. The Morgan fingerprint density at radius 2 is 1.92 bits per heavy atom. The molecule has 1 aromatic rings. The monoisotopic (exact) mass is 335 g/mol. The SMILES string of the molecule is CCOC(=O)C1CCN(C(=O)COc2ccc(C)cc2OC)CC1. The summed E-state index contributed by atoms with van der Waals surface area (Å²) >= 11 is 0. The van der Waals surface area contributed by atoms with E-state index in [9.17, 15) is 9.59 Å². The molecule has 1 amide bonds. The molecule has 24 heavy (non-hydrogen) atoms. The largest absolute Gasteiger partial charge is 0.493 e. The van der Waals surface area contributed by atoms with Crippen LogP contribution in [0.5, 0.6) is 11.5 Å². The summed E-state index contributed by atoms with van der Waals surface area (Å²) in [6.45, 7) is 5.22. The Bertz CT molecular complexity index is 579. The maximum atomic E-state index is 12.3. The summed E-state index contributed by atoms with van der Waals surface area (Å²) in [6.07, 6.45) is 1.27. The standard InChI is InChI=1S/C18H25NO5/c1-4-23-18(21)14-7-9-19(10-8-14)17(20)12-24-15-6-5-13(2)11-16(15)22-3/h5-6,11,14H,4,7-10,12H2,1-3H3. The number of carbonyl (C=O) groups is 2. The van der Waals surface area contributed by atoms with Gasteiger partial charge in [0.1, 0.15) is 0 Å². The van der Waals surface area contributed by atoms with E-state index < -0.39 is 0 Å². The highest BCUT2D eigenvalue weighted by Gasteiger charge is 2.28. The van der Waals surface area contributed by atoms with E-state index in [0.717, 1.165) is 5.56 Å². The fourth-order valence-corrected chi connectivity index (χ4v) is 2.75. The molecule has 1 aliphatic heterocycles. The molecule has 0 unspecified atom stereocenters. The lowest BCUT2D eigenvalue weighted by molar-refractivity contribution is -0.151. The number of esters is 1. The Morgan fingerprint density at radius 3 is 2.54 bits per heavy atom. The quantitative estimate of drug-likeness (QED) is 0.746. The minimum absolute atomic E-state index is 0.0382. The number of aryl methyl sites for hydroxylation is 1. The van der Waals surface area contributed by atoms with Crippen LogP contribution in [0.4, 0.5) is 0 Å². The van der Waals surface area contributed by atoms with Crippen LogP contribution >= 0.6 is 0 Å². The molecule has 1 heterocycles. The van der Waals surface area contributed by atoms with Crippen molar-refractivity contribution in [3.63, 3.8) is 0 Å². The lowest BCUT2D eigenvalue weighted by atomic mass is 9.97. The number of piperidine rings is 1. The summed E-state index contributed by atoms with van der Waals surface area (Å²) in [5, 5.41) is 0. The van der Waals surface area contributed by atoms with Gasteiger partial charge in [-0.2, -0.15) is 0 Å². The van der Waals surface area contributed by atoms with Crippen molar-refractivity contribution in [1.82, 2.24) is 4.90 Å². The van der Waals surface area contributed by atoms with Crippen LogP contribution in [-0.2, 0) is 14.3 Å². The Kier molecular flexibility index (Phi) is 6.46. The van der Waals surface area contributed by atoms with E-state index in [1.165, 1.54) is 0 Å². The summed E-state index contributed by atoms with van der Waals surface area (Å²) < 4.78 is 15.9. The summed E-state index contributed by atoms with van der Waals surface area (Å²) in [5.41, 5.74) is 1.06. The Balaban J connectivity index is 1.83. The van der Waals surface area contributed by atoms with Crippen molar-refractivity contribution < 1.29 is 23.8 Å². The first-order chi connectivity index (χ1) is 11.5. The second-order valence-corrected chi connectivity index (χ2v) is 5.85. The number of nitrogens with zero attached hydrogens (tertiary/aromatic N) is 1. The van der Waals surface area contributed by atoms with Gasteiger partial charge in [-0.1, -0.05) is 6.07 Å². The van der Waals surface area contributed by atoms with Gasteiger partial charge < -0.3 is 19.1 Å². The zero-order chi connectivity index (χ0) is 17.5. The highest BCUT2D eigenvalue weighted by molar-refractivity contribution is 5.78. The number of rotatable bonds is 6. The molecular formula is C18H25NO5. The van der Waals surface area contributed by atoms with Gasteiger partial charge in [0.25, 0.3) is 5.91 Å². The third-order valence-electron chi connectivity index (χ3n) is 4.14. The molecule has 0 aliphatic carbocycles. The number of amides is 1. The van der Waals surface area contributed by atoms with Gasteiger partial charge in [0, 0.05) is 13.1 Å². The highest BCUT2D eigenvalue weighted by atomic mass is 16.5. The van der Waals surface area contributed by atoms with Gasteiger partial charge in [-0.15, -0.1) is 0 Å². The molecule has 0 radical (unpaired) electrons. The van der Waals surface area contributed by atoms with E-state index >= 15 is 0 Å². The second kappa shape index (κ2) is 8.57. The van der Waals surface area contributed by atoms with E-state index in [4.69, 9.17) is 14.2 Å². The van der Waals surface area contributed by atoms with E-state index in [1.807, 2.05) is 19.1 Å². The van der Waals surface area contributed by atoms with Crippen LogP contribution in [-0.4, -0.2) is 50.2 Å². The molecular weight excluding hydrogens is 310 g/mol. The van der Waals surface area contributed by atoms with Crippen molar-refractivity contribution in [2.45, 2.75) is 26.7 Å². The first kappa shape index (κ1) is 18.1. The maximum Gasteiger partial charge on any atom is 0.309 e. The molecule has 6 nitrogen and oxygen atoms in total. The maximum absolute atomic E-state index is 12.3. The number of likely N-dealkylation sites (tertiary alicyclic amines) is 1. The molecule has 0 aromatic heterocycles. The van der Waals surface area contributed by atoms with Crippen molar-refractivity contribution in [2.24, 2.45) is 5.92 Å². The molecule has 132 valence electrons. The second-order valence-electron chi connectivity index (χ2n) is 5.85. The number of methoxy groups -OCH3 is 1. The van der Waals surface area contributed by atoms with Crippen molar-refractivity contribution >= 4 is 11.9 Å². The van der Waals surface area contributed by atoms with Crippen molar-refractivity contribution in [1.29, 1.82) is 0 Å². The van der Waals surface area contributed by atoms with Crippen LogP contribution in [0.1, 0.15) is 25.3 Å². The van der Waals surface area contributed by atoms with Crippen LogP contribution in [0.25, 0.3) is 0 Å². The fourth-order valence-electron chi connectivity index (χ4n) is 2.75. The molecule has 0 saturated carbocycles. The van der Waals surface area contributed by atoms with Gasteiger partial charge >= 0.3 is 5.97 Å². The number of hydrogen-bond donors (Lipinski definition) is 0. The lowest BCUT2D eigenvalue weighted by Crippen LogP contribution is -2.42. The van der Waals surface area contributed by atoms with E-state index in [2.05, 4.69) is 0 Å². The molecule has 1 aromatic carbocycles. The van der Waals surface area contributed by atoms with Gasteiger partial charge in [0.2, 0.25) is 0 Å². The van der Waals surface area contributed by atoms with Crippen LogP contribution in [0.3, 0.4) is 0 Å². The summed E-state index contributed by atoms with van der Waals surface area (Å²) in [4.78, 5) is 25.7. The molecule has 0 N–H and O–H groups in total. The third-order valence-corrected chi connectivity index (χ3v) is 4.14. The van der Waals surface area contributed by atoms with E-state index in [-0.39, 0.29) is 24.4 Å². The number of carbonyl (C=O) groups excluding carboxylic acids is 2. The molecule has 1 fully saturated rings. The van der Waals surface area contributed by atoms with Crippen molar-refractivity contribution in [3.05, 3.63) is 23.8 Å². The van der Waals surface area contributed by atoms with Crippen LogP contribution in [0.2, 0.25) is 0 Å². The lowest BCUT2D eigenvalue weighted by Gasteiger charge is -2.30. The number of ether oxygens (including phenoxy) is 3. The van der Waals surface area contributed by atoms with Gasteiger partial charge in [-0.3, -0.25) is 9.59 Å². The van der Waals surface area contributed by atoms with Crippen molar-refractivity contribution in [2.75, 3.05) is 33.4 Å².